The van der Waals surface area contributed by atoms with Gasteiger partial charge in [0.25, 0.3) is 0 Å². The van der Waals surface area contributed by atoms with Crippen LogP contribution in [-0.4, -0.2) is 22.3 Å². The first-order valence-electron chi connectivity index (χ1n) is 9.70. The molecule has 0 amide bonds. The third-order valence-electron chi connectivity index (χ3n) is 5.16. The average Bonchev–Trinajstić information content (AvgIpc) is 3.03. The summed E-state index contributed by atoms with van der Waals surface area (Å²) in [6.45, 7) is 7.00. The van der Waals surface area contributed by atoms with E-state index in [0.717, 1.165) is 0 Å². The third-order valence-corrected chi connectivity index (χ3v) is 7.79. The highest BCUT2D eigenvalue weighted by Crippen LogP contribution is 2.58. The minimum atomic E-state index is -0.608. The summed E-state index contributed by atoms with van der Waals surface area (Å²) in [6, 6.07) is 26.4. The SMILES string of the molecule is COCOC(c1cccc2c3ccccc3p(-c3ccccc3)c12)C(C)(C)C.[B]. The van der Waals surface area contributed by atoms with E-state index in [9.17, 15) is 0 Å². The van der Waals surface area contributed by atoms with Crippen molar-refractivity contribution in [3.05, 3.63) is 78.4 Å². The number of methoxy groups -OCH3 is 1. The van der Waals surface area contributed by atoms with E-state index in [1.807, 2.05) is 0 Å². The predicted molar refractivity (Wildman–Crippen MR) is 126 cm³/mol. The Labute approximate surface area is 176 Å². The normalized spacial score (nSPS) is 13.4. The zero-order valence-electron chi connectivity index (χ0n) is 17.6. The molecule has 0 aliphatic carbocycles. The van der Waals surface area contributed by atoms with Gasteiger partial charge in [0.05, 0.1) is 6.10 Å². The first-order valence-corrected chi connectivity index (χ1v) is 11.0. The lowest BCUT2D eigenvalue weighted by Gasteiger charge is -2.31. The molecule has 3 radical (unpaired) electrons. The van der Waals surface area contributed by atoms with E-state index in [2.05, 4.69) is 93.6 Å². The maximum atomic E-state index is 6.24. The molecule has 147 valence electrons. The molecule has 1 aromatic heterocycles. The summed E-state index contributed by atoms with van der Waals surface area (Å²) in [4.78, 5) is 0. The molecule has 4 aromatic rings. The van der Waals surface area contributed by atoms with Crippen molar-refractivity contribution in [2.75, 3.05) is 13.9 Å². The topological polar surface area (TPSA) is 18.5 Å². The fourth-order valence-electron chi connectivity index (χ4n) is 4.04. The molecule has 1 heterocycles. The Morgan fingerprint density at radius 1 is 0.828 bits per heavy atom. The van der Waals surface area contributed by atoms with Crippen LogP contribution in [0.3, 0.4) is 0 Å². The van der Waals surface area contributed by atoms with Crippen LogP contribution in [0, 0.1) is 5.41 Å². The Bertz CT molecular complexity index is 1100. The van der Waals surface area contributed by atoms with Crippen molar-refractivity contribution >= 4 is 37.0 Å². The molecule has 2 unspecified atom stereocenters. The fourth-order valence-corrected chi connectivity index (χ4v) is 6.85. The molecule has 2 nitrogen and oxygen atoms in total. The average molecular weight is 401 g/mol. The van der Waals surface area contributed by atoms with Crippen LogP contribution in [-0.2, 0) is 9.47 Å². The minimum Gasteiger partial charge on any atom is -0.359 e. The van der Waals surface area contributed by atoms with E-state index in [1.165, 1.54) is 31.9 Å². The van der Waals surface area contributed by atoms with E-state index >= 15 is 0 Å². The van der Waals surface area contributed by atoms with Crippen molar-refractivity contribution in [1.29, 1.82) is 0 Å². The summed E-state index contributed by atoms with van der Waals surface area (Å²) < 4.78 is 11.5. The Morgan fingerprint density at radius 2 is 1.48 bits per heavy atom. The highest BCUT2D eigenvalue weighted by Gasteiger charge is 2.30. The number of rotatable bonds is 5. The summed E-state index contributed by atoms with van der Waals surface area (Å²) in [7, 11) is 1.07. The molecule has 4 heteroatoms. The second-order valence-corrected chi connectivity index (χ2v) is 10.4. The van der Waals surface area contributed by atoms with Crippen molar-refractivity contribution in [2.45, 2.75) is 26.9 Å². The van der Waals surface area contributed by atoms with Gasteiger partial charge in [-0.1, -0.05) is 101 Å². The highest BCUT2D eigenvalue weighted by molar-refractivity contribution is 7.68. The Balaban J connectivity index is 0.00000240. The predicted octanol–water partition coefficient (Wildman–Crippen LogP) is 7.30. The van der Waals surface area contributed by atoms with Gasteiger partial charge < -0.3 is 9.47 Å². The van der Waals surface area contributed by atoms with Crippen molar-refractivity contribution in [1.82, 2.24) is 0 Å². The second kappa shape index (κ2) is 8.75. The molecule has 0 aliphatic heterocycles. The van der Waals surface area contributed by atoms with Crippen LogP contribution in [0.5, 0.6) is 0 Å². The number of fused-ring (bicyclic) bond motifs is 3. The standard InChI is InChI=1S/C25H27O2P.B/c1-25(2,3)24(27-17-26-4)21-15-10-14-20-19-13-8-9-16-22(19)28(23(20)21)18-11-6-5-7-12-18;/h5-16,24H,17H2,1-4H3;. The molecule has 0 spiro atoms. The van der Waals surface area contributed by atoms with Gasteiger partial charge in [0.2, 0.25) is 0 Å². The summed E-state index contributed by atoms with van der Waals surface area (Å²) >= 11 is 0. The first-order chi connectivity index (χ1) is 13.5. The van der Waals surface area contributed by atoms with Gasteiger partial charge in [-0.2, -0.15) is 0 Å². The smallest absolute Gasteiger partial charge is 0.147 e. The van der Waals surface area contributed by atoms with Gasteiger partial charge in [-0.25, -0.2) is 0 Å². The van der Waals surface area contributed by atoms with Gasteiger partial charge in [-0.3, -0.25) is 0 Å². The molecule has 0 saturated carbocycles. The van der Waals surface area contributed by atoms with Crippen LogP contribution in [0.1, 0.15) is 32.4 Å². The second-order valence-electron chi connectivity index (χ2n) is 8.25. The zero-order chi connectivity index (χ0) is 19.7. The van der Waals surface area contributed by atoms with Gasteiger partial charge in [0, 0.05) is 25.8 Å². The van der Waals surface area contributed by atoms with Crippen molar-refractivity contribution < 1.29 is 9.47 Å². The minimum absolute atomic E-state index is 0. The summed E-state index contributed by atoms with van der Waals surface area (Å²) in [5.74, 6) is 0. The largest absolute Gasteiger partial charge is 0.359 e. The quantitative estimate of drug-likeness (QED) is 0.258. The van der Waals surface area contributed by atoms with Crippen LogP contribution in [0.25, 0.3) is 26.3 Å². The fraction of sp³-hybridized carbons (Fsp3) is 0.280. The Kier molecular flexibility index (Phi) is 6.53. The molecule has 2 atom stereocenters. The van der Waals surface area contributed by atoms with Crippen LogP contribution >= 0.6 is 7.53 Å². The molecule has 29 heavy (non-hydrogen) atoms. The molecule has 0 fully saturated rings. The maximum Gasteiger partial charge on any atom is 0.147 e. The van der Waals surface area contributed by atoms with Crippen molar-refractivity contribution in [3.63, 3.8) is 0 Å². The number of benzene rings is 3. The van der Waals surface area contributed by atoms with Crippen molar-refractivity contribution in [2.24, 2.45) is 5.41 Å². The van der Waals surface area contributed by atoms with Crippen molar-refractivity contribution in [3.8, 4) is 5.30 Å². The van der Waals surface area contributed by atoms with Crippen LogP contribution in [0.4, 0.5) is 0 Å². The maximum absolute atomic E-state index is 6.24. The van der Waals surface area contributed by atoms with Gasteiger partial charge in [0.1, 0.15) is 6.79 Å². The number of ether oxygens (including phenoxy) is 2. The highest BCUT2D eigenvalue weighted by atomic mass is 31.1. The number of hydrogen-bond donors (Lipinski definition) is 0. The summed E-state index contributed by atoms with van der Waals surface area (Å²) in [6.07, 6.45) is -0.0366. The van der Waals surface area contributed by atoms with Crippen LogP contribution < -0.4 is 0 Å². The molecular weight excluding hydrogens is 374 g/mol. The molecule has 4 rings (SSSR count). The summed E-state index contributed by atoms with van der Waals surface area (Å²) in [5, 5.41) is 6.95. The van der Waals surface area contributed by atoms with E-state index < -0.39 is 7.53 Å². The molecule has 0 bridgehead atoms. The monoisotopic (exact) mass is 401 g/mol. The molecule has 0 aliphatic rings. The van der Waals surface area contributed by atoms with Crippen LogP contribution in [0.15, 0.2) is 72.8 Å². The molecular formula is C25H27BO2P. The first kappa shape index (κ1) is 21.6. The molecule has 0 N–H and O–H groups in total. The lowest BCUT2D eigenvalue weighted by Crippen LogP contribution is -2.22. The Hall–Kier alpha value is -2.06. The lowest BCUT2D eigenvalue weighted by atomic mass is 9.84. The van der Waals surface area contributed by atoms with Gasteiger partial charge in [-0.15, -0.1) is 0 Å². The van der Waals surface area contributed by atoms with Gasteiger partial charge in [0.15, 0.2) is 0 Å². The Morgan fingerprint density at radius 3 is 2.17 bits per heavy atom. The zero-order valence-corrected chi connectivity index (χ0v) is 18.4. The third kappa shape index (κ3) is 4.01. The van der Waals surface area contributed by atoms with Crippen LogP contribution in [0.2, 0.25) is 0 Å². The molecule has 3 aromatic carbocycles. The number of hydrogen-bond acceptors (Lipinski definition) is 2. The van der Waals surface area contributed by atoms with E-state index in [0.29, 0.717) is 6.79 Å². The lowest BCUT2D eigenvalue weighted by molar-refractivity contribution is -0.109. The van der Waals surface area contributed by atoms with E-state index in [4.69, 9.17) is 9.47 Å². The summed E-state index contributed by atoms with van der Waals surface area (Å²) in [5.41, 5.74) is 1.24. The van der Waals surface area contributed by atoms with E-state index in [-0.39, 0.29) is 19.9 Å². The molecule has 0 saturated heterocycles. The van der Waals surface area contributed by atoms with Gasteiger partial charge >= 0.3 is 0 Å². The van der Waals surface area contributed by atoms with Gasteiger partial charge in [-0.05, 0) is 27.1 Å². The van der Waals surface area contributed by atoms with E-state index in [1.54, 1.807) is 7.11 Å².